The second-order valence-corrected chi connectivity index (χ2v) is 5.07. The summed E-state index contributed by atoms with van der Waals surface area (Å²) in [7, 11) is 0. The highest BCUT2D eigenvalue weighted by Crippen LogP contribution is 2.33. The lowest BCUT2D eigenvalue weighted by Gasteiger charge is -2.32. The van der Waals surface area contributed by atoms with Crippen LogP contribution in [0.3, 0.4) is 0 Å². The summed E-state index contributed by atoms with van der Waals surface area (Å²) in [5, 5.41) is 19.9. The van der Waals surface area contributed by atoms with Crippen molar-refractivity contribution in [3.05, 3.63) is 5.82 Å². The second-order valence-electron chi connectivity index (χ2n) is 5.07. The number of hydrogen-bond donors (Lipinski definition) is 1. The highest BCUT2D eigenvalue weighted by Gasteiger charge is 2.41. The fourth-order valence-corrected chi connectivity index (χ4v) is 2.27. The van der Waals surface area contributed by atoms with Crippen molar-refractivity contribution in [1.29, 1.82) is 0 Å². The number of aromatic nitrogens is 4. The van der Waals surface area contributed by atoms with Crippen molar-refractivity contribution in [2.75, 3.05) is 13.2 Å². The lowest BCUT2D eigenvalue weighted by Crippen LogP contribution is -2.41. The van der Waals surface area contributed by atoms with Crippen LogP contribution in [0.4, 0.5) is 13.2 Å². The van der Waals surface area contributed by atoms with Gasteiger partial charge in [-0.1, -0.05) is 0 Å². The lowest BCUT2D eigenvalue weighted by molar-refractivity contribution is -0.156. The molecule has 0 spiro atoms. The Morgan fingerprint density at radius 2 is 2.05 bits per heavy atom. The van der Waals surface area contributed by atoms with Gasteiger partial charge in [0.15, 0.2) is 5.82 Å². The van der Waals surface area contributed by atoms with Gasteiger partial charge in [-0.05, 0) is 23.3 Å². The Labute approximate surface area is 118 Å². The molecule has 0 bridgehead atoms. The average molecular weight is 308 g/mol. The summed E-state index contributed by atoms with van der Waals surface area (Å²) in [6, 6.07) is 0. The number of carboxylic acids is 1. The predicted octanol–water partition coefficient (Wildman–Crippen LogP) is 1.05. The fourth-order valence-electron chi connectivity index (χ4n) is 2.27. The Balaban J connectivity index is 2.11. The van der Waals surface area contributed by atoms with E-state index in [1.807, 2.05) is 0 Å². The molecule has 1 saturated heterocycles. The van der Waals surface area contributed by atoms with E-state index in [-0.39, 0.29) is 31.6 Å². The highest BCUT2D eigenvalue weighted by atomic mass is 19.4. The number of carbonyl (C=O) groups is 1. The van der Waals surface area contributed by atoms with Crippen LogP contribution in [0.5, 0.6) is 0 Å². The number of ether oxygens (including phenoxy) is 1. The fraction of sp³-hybridized carbons (Fsp3) is 0.818. The molecule has 1 aromatic rings. The zero-order valence-electron chi connectivity index (χ0n) is 11.1. The van der Waals surface area contributed by atoms with Gasteiger partial charge in [0.2, 0.25) is 0 Å². The minimum Gasteiger partial charge on any atom is -0.481 e. The molecule has 1 aliphatic rings. The number of rotatable bonds is 5. The van der Waals surface area contributed by atoms with Crippen molar-refractivity contribution in [3.63, 3.8) is 0 Å². The van der Waals surface area contributed by atoms with Gasteiger partial charge >= 0.3 is 12.1 Å². The molecular weight excluding hydrogens is 293 g/mol. The van der Waals surface area contributed by atoms with E-state index in [1.54, 1.807) is 0 Å². The van der Waals surface area contributed by atoms with E-state index in [2.05, 4.69) is 15.5 Å². The number of carboxylic acid groups (broad SMARTS) is 1. The van der Waals surface area contributed by atoms with E-state index in [4.69, 9.17) is 4.74 Å². The molecule has 7 nitrogen and oxygen atoms in total. The highest BCUT2D eigenvalue weighted by molar-refractivity contribution is 5.74. The molecule has 1 aliphatic heterocycles. The molecule has 21 heavy (non-hydrogen) atoms. The molecule has 2 heterocycles. The molecule has 1 N–H and O–H groups in total. The summed E-state index contributed by atoms with van der Waals surface area (Å²) in [6.07, 6.45) is -5.17. The largest absolute Gasteiger partial charge is 0.481 e. The summed E-state index contributed by atoms with van der Waals surface area (Å²) >= 11 is 0. The zero-order valence-corrected chi connectivity index (χ0v) is 11.1. The van der Waals surface area contributed by atoms with Gasteiger partial charge in [-0.3, -0.25) is 4.79 Å². The molecule has 1 fully saturated rings. The van der Waals surface area contributed by atoms with Crippen molar-refractivity contribution in [3.8, 4) is 0 Å². The average Bonchev–Trinajstić information content (AvgIpc) is 2.83. The van der Waals surface area contributed by atoms with Gasteiger partial charge in [0.1, 0.15) is 0 Å². The number of halogens is 3. The number of nitrogens with zero attached hydrogens (tertiary/aromatic N) is 4. The molecule has 0 unspecified atom stereocenters. The summed E-state index contributed by atoms with van der Waals surface area (Å²) in [4.78, 5) is 11.5. The first-order valence-corrected chi connectivity index (χ1v) is 6.45. The van der Waals surface area contributed by atoms with Gasteiger partial charge in [0, 0.05) is 19.6 Å². The van der Waals surface area contributed by atoms with Crippen molar-refractivity contribution < 1.29 is 27.8 Å². The first kappa shape index (κ1) is 15.7. The van der Waals surface area contributed by atoms with E-state index >= 15 is 0 Å². The Bertz CT molecular complexity index is 497. The molecule has 2 rings (SSSR count). The summed E-state index contributed by atoms with van der Waals surface area (Å²) in [6.45, 7) is 0.546. The van der Waals surface area contributed by atoms with Crippen molar-refractivity contribution in [1.82, 2.24) is 20.2 Å². The summed E-state index contributed by atoms with van der Waals surface area (Å²) in [5.74, 6) is -0.970. The van der Waals surface area contributed by atoms with Crippen molar-refractivity contribution in [2.24, 2.45) is 5.41 Å². The number of aryl methyl sites for hydroxylation is 1. The smallest absolute Gasteiger partial charge is 0.389 e. The lowest BCUT2D eigenvalue weighted by atomic mass is 9.80. The molecule has 0 saturated carbocycles. The van der Waals surface area contributed by atoms with E-state index in [1.165, 1.54) is 0 Å². The topological polar surface area (TPSA) is 90.1 Å². The predicted molar refractivity (Wildman–Crippen MR) is 62.3 cm³/mol. The number of tetrazole rings is 1. The first-order chi connectivity index (χ1) is 9.82. The van der Waals surface area contributed by atoms with Crippen molar-refractivity contribution in [2.45, 2.75) is 38.4 Å². The maximum Gasteiger partial charge on any atom is 0.389 e. The SMILES string of the molecule is O=C(O)C1(Cn2nnnc2CCC(F)(F)F)CCOCC1. The Morgan fingerprint density at radius 3 is 2.62 bits per heavy atom. The van der Waals surface area contributed by atoms with Crippen LogP contribution >= 0.6 is 0 Å². The Hall–Kier alpha value is -1.71. The molecule has 10 heteroatoms. The van der Waals surface area contributed by atoms with Gasteiger partial charge in [-0.15, -0.1) is 5.10 Å². The van der Waals surface area contributed by atoms with Gasteiger partial charge < -0.3 is 9.84 Å². The maximum atomic E-state index is 12.3. The normalized spacial score (nSPS) is 18.6. The number of alkyl halides is 3. The van der Waals surface area contributed by atoms with Crippen molar-refractivity contribution >= 4 is 5.97 Å². The van der Waals surface area contributed by atoms with Gasteiger partial charge in [-0.25, -0.2) is 4.68 Å². The molecule has 0 aliphatic carbocycles. The van der Waals surface area contributed by atoms with Crippen LogP contribution in [0.25, 0.3) is 0 Å². The number of aliphatic carboxylic acids is 1. The second kappa shape index (κ2) is 5.96. The van der Waals surface area contributed by atoms with Crippen LogP contribution in [-0.4, -0.2) is 50.7 Å². The van der Waals surface area contributed by atoms with E-state index in [0.29, 0.717) is 13.2 Å². The standard InChI is InChI=1S/C11H15F3N4O3/c12-11(13,14)2-1-8-15-16-17-18(8)7-10(9(19)20)3-5-21-6-4-10/h1-7H2,(H,19,20). The minimum absolute atomic E-state index is 0.0411. The molecule has 0 amide bonds. The maximum absolute atomic E-state index is 12.3. The van der Waals surface area contributed by atoms with E-state index in [9.17, 15) is 23.1 Å². The quantitative estimate of drug-likeness (QED) is 0.874. The van der Waals surface area contributed by atoms with Gasteiger partial charge in [0.05, 0.1) is 18.4 Å². The minimum atomic E-state index is -4.31. The van der Waals surface area contributed by atoms with Gasteiger partial charge in [0.25, 0.3) is 0 Å². The third-order valence-electron chi connectivity index (χ3n) is 3.59. The van der Waals surface area contributed by atoms with Crippen LogP contribution in [0.15, 0.2) is 0 Å². The van der Waals surface area contributed by atoms with Crippen LogP contribution in [0, 0.1) is 5.41 Å². The van der Waals surface area contributed by atoms with Crippen LogP contribution in [-0.2, 0) is 22.5 Å². The van der Waals surface area contributed by atoms with Crippen LogP contribution in [0.2, 0.25) is 0 Å². The van der Waals surface area contributed by atoms with E-state index < -0.39 is 24.0 Å². The number of hydrogen-bond acceptors (Lipinski definition) is 5. The first-order valence-electron chi connectivity index (χ1n) is 6.45. The summed E-state index contributed by atoms with van der Waals surface area (Å²) < 4.78 is 43.1. The Morgan fingerprint density at radius 1 is 1.38 bits per heavy atom. The third-order valence-corrected chi connectivity index (χ3v) is 3.59. The van der Waals surface area contributed by atoms with E-state index in [0.717, 1.165) is 4.68 Å². The molecular formula is C11H15F3N4O3. The third kappa shape index (κ3) is 3.90. The monoisotopic (exact) mass is 308 g/mol. The molecule has 1 aromatic heterocycles. The molecule has 0 aromatic carbocycles. The van der Waals surface area contributed by atoms with Crippen LogP contribution < -0.4 is 0 Å². The van der Waals surface area contributed by atoms with Crippen LogP contribution in [0.1, 0.15) is 25.1 Å². The molecule has 0 radical (unpaired) electrons. The van der Waals surface area contributed by atoms with Gasteiger partial charge in [-0.2, -0.15) is 13.2 Å². The Kier molecular flexibility index (Phi) is 4.45. The molecule has 118 valence electrons. The zero-order chi connectivity index (χ0) is 15.5. The summed E-state index contributed by atoms with van der Waals surface area (Å²) in [5.41, 5.74) is -1.10. The molecule has 0 atom stereocenters.